The molecule has 18 heavy (non-hydrogen) atoms. The average molecular weight is 245 g/mol. The summed E-state index contributed by atoms with van der Waals surface area (Å²) in [6.45, 7) is 4.23. The van der Waals surface area contributed by atoms with Crippen molar-refractivity contribution >= 4 is 17.6 Å². The van der Waals surface area contributed by atoms with Gasteiger partial charge in [-0.3, -0.25) is 4.79 Å². The number of nitrogens with zero attached hydrogens (tertiary/aromatic N) is 1. The Morgan fingerprint density at radius 3 is 2.50 bits per heavy atom. The molecule has 1 aromatic carbocycles. The van der Waals surface area contributed by atoms with Crippen LogP contribution in [0.25, 0.3) is 0 Å². The van der Waals surface area contributed by atoms with Crippen molar-refractivity contribution in [3.05, 3.63) is 41.8 Å². The number of nitrogens with one attached hydrogen (secondary N) is 1. The van der Waals surface area contributed by atoms with Crippen molar-refractivity contribution in [3.8, 4) is 0 Å². The number of carbonyl (C=O) groups excluding carboxylic acids is 1. The lowest BCUT2D eigenvalue weighted by Gasteiger charge is -2.07. The van der Waals surface area contributed by atoms with Gasteiger partial charge in [0.1, 0.15) is 6.26 Å². The normalized spacial score (nSPS) is 10.6. The van der Waals surface area contributed by atoms with Gasteiger partial charge in [0.25, 0.3) is 11.9 Å². The number of benzene rings is 1. The highest BCUT2D eigenvalue weighted by molar-refractivity contribution is 6.02. The average Bonchev–Trinajstić information content (AvgIpc) is 2.76. The van der Waals surface area contributed by atoms with Gasteiger partial charge in [-0.25, -0.2) is 0 Å². The fourth-order valence-electron chi connectivity index (χ4n) is 1.54. The van der Waals surface area contributed by atoms with E-state index in [2.05, 4.69) is 24.1 Å². The number of nitrogen functional groups attached to an aromatic ring is 1. The van der Waals surface area contributed by atoms with E-state index in [4.69, 9.17) is 10.2 Å². The van der Waals surface area contributed by atoms with E-state index in [0.717, 1.165) is 0 Å². The SMILES string of the molecule is CC(C)c1ccc(NC(=O)c2coc(N)n2)cc1. The van der Waals surface area contributed by atoms with E-state index >= 15 is 0 Å². The van der Waals surface area contributed by atoms with E-state index in [0.29, 0.717) is 11.6 Å². The Balaban J connectivity index is 2.07. The summed E-state index contributed by atoms with van der Waals surface area (Å²) >= 11 is 0. The third-order valence-electron chi connectivity index (χ3n) is 2.59. The lowest BCUT2D eigenvalue weighted by atomic mass is 10.0. The van der Waals surface area contributed by atoms with Gasteiger partial charge in [0.2, 0.25) is 0 Å². The first-order valence-electron chi connectivity index (χ1n) is 5.68. The second-order valence-electron chi connectivity index (χ2n) is 4.30. The zero-order chi connectivity index (χ0) is 13.1. The largest absolute Gasteiger partial charge is 0.431 e. The molecule has 2 rings (SSSR count). The quantitative estimate of drug-likeness (QED) is 0.870. The number of rotatable bonds is 3. The summed E-state index contributed by atoms with van der Waals surface area (Å²) in [5, 5.41) is 2.72. The maximum absolute atomic E-state index is 11.8. The zero-order valence-electron chi connectivity index (χ0n) is 10.3. The van der Waals surface area contributed by atoms with Crippen molar-refractivity contribution in [2.24, 2.45) is 0 Å². The van der Waals surface area contributed by atoms with Crippen LogP contribution in [0, 0.1) is 0 Å². The van der Waals surface area contributed by atoms with E-state index in [1.54, 1.807) is 0 Å². The molecule has 0 aliphatic heterocycles. The number of hydrogen-bond acceptors (Lipinski definition) is 4. The molecule has 0 radical (unpaired) electrons. The molecule has 0 spiro atoms. The Morgan fingerprint density at radius 2 is 2.00 bits per heavy atom. The van der Waals surface area contributed by atoms with Gasteiger partial charge in [-0.05, 0) is 23.6 Å². The maximum atomic E-state index is 11.8. The first-order chi connectivity index (χ1) is 8.56. The fourth-order valence-corrected chi connectivity index (χ4v) is 1.54. The smallest absolute Gasteiger partial charge is 0.292 e. The Labute approximate surface area is 105 Å². The molecule has 0 saturated heterocycles. The van der Waals surface area contributed by atoms with Crippen LogP contribution in [-0.4, -0.2) is 10.9 Å². The van der Waals surface area contributed by atoms with Crippen LogP contribution in [0.1, 0.15) is 35.8 Å². The van der Waals surface area contributed by atoms with Crippen molar-refractivity contribution in [1.29, 1.82) is 0 Å². The molecular formula is C13H15N3O2. The van der Waals surface area contributed by atoms with Gasteiger partial charge >= 0.3 is 0 Å². The standard InChI is InChI=1S/C13H15N3O2/c1-8(2)9-3-5-10(6-4-9)15-12(17)11-7-18-13(14)16-11/h3-8H,1-2H3,(H2,14,16)(H,15,17). The Morgan fingerprint density at radius 1 is 1.33 bits per heavy atom. The molecule has 0 fully saturated rings. The molecule has 2 aromatic rings. The van der Waals surface area contributed by atoms with Crippen LogP contribution in [0.2, 0.25) is 0 Å². The van der Waals surface area contributed by atoms with Crippen LogP contribution in [0.5, 0.6) is 0 Å². The monoisotopic (exact) mass is 245 g/mol. The third kappa shape index (κ3) is 2.68. The number of aromatic nitrogens is 1. The van der Waals surface area contributed by atoms with E-state index in [9.17, 15) is 4.79 Å². The summed E-state index contributed by atoms with van der Waals surface area (Å²) < 4.78 is 4.78. The van der Waals surface area contributed by atoms with E-state index < -0.39 is 0 Å². The van der Waals surface area contributed by atoms with Crippen LogP contribution in [0.15, 0.2) is 34.9 Å². The van der Waals surface area contributed by atoms with E-state index in [-0.39, 0.29) is 17.6 Å². The van der Waals surface area contributed by atoms with Gasteiger partial charge in [0, 0.05) is 5.69 Å². The first kappa shape index (κ1) is 12.2. The molecular weight excluding hydrogens is 230 g/mol. The van der Waals surface area contributed by atoms with Crippen molar-refractivity contribution < 1.29 is 9.21 Å². The topological polar surface area (TPSA) is 81.2 Å². The fraction of sp³-hybridized carbons (Fsp3) is 0.231. The highest BCUT2D eigenvalue weighted by Crippen LogP contribution is 2.17. The Kier molecular flexibility index (Phi) is 3.32. The highest BCUT2D eigenvalue weighted by Gasteiger charge is 2.11. The number of carbonyl (C=O) groups is 1. The minimum Gasteiger partial charge on any atom is -0.431 e. The molecule has 3 N–H and O–H groups in total. The molecule has 94 valence electrons. The van der Waals surface area contributed by atoms with Gasteiger partial charge < -0.3 is 15.5 Å². The van der Waals surface area contributed by atoms with E-state index in [1.807, 2.05) is 24.3 Å². The summed E-state index contributed by atoms with van der Waals surface area (Å²) in [5.41, 5.74) is 7.41. The van der Waals surface area contributed by atoms with Crippen LogP contribution in [0.4, 0.5) is 11.7 Å². The number of hydrogen-bond donors (Lipinski definition) is 2. The predicted molar refractivity (Wildman–Crippen MR) is 69.4 cm³/mol. The zero-order valence-corrected chi connectivity index (χ0v) is 10.3. The Bertz CT molecular complexity index is 544. The summed E-state index contributed by atoms with van der Waals surface area (Å²) in [6, 6.07) is 7.66. The van der Waals surface area contributed by atoms with Crippen molar-refractivity contribution in [2.45, 2.75) is 19.8 Å². The second kappa shape index (κ2) is 4.91. The molecule has 5 nitrogen and oxygen atoms in total. The lowest BCUT2D eigenvalue weighted by molar-refractivity contribution is 0.102. The van der Waals surface area contributed by atoms with Gasteiger partial charge in [-0.1, -0.05) is 26.0 Å². The number of nitrogens with two attached hydrogens (primary N) is 1. The molecule has 5 heteroatoms. The molecule has 0 aliphatic rings. The second-order valence-corrected chi connectivity index (χ2v) is 4.30. The first-order valence-corrected chi connectivity index (χ1v) is 5.68. The summed E-state index contributed by atoms with van der Waals surface area (Å²) in [6.07, 6.45) is 1.23. The van der Waals surface area contributed by atoms with Crippen LogP contribution in [0.3, 0.4) is 0 Å². The minimum atomic E-state index is -0.340. The van der Waals surface area contributed by atoms with E-state index in [1.165, 1.54) is 11.8 Å². The number of amides is 1. The molecule has 0 unspecified atom stereocenters. The van der Waals surface area contributed by atoms with Crippen molar-refractivity contribution in [1.82, 2.24) is 4.98 Å². The third-order valence-corrected chi connectivity index (χ3v) is 2.59. The minimum absolute atomic E-state index is 0.0182. The predicted octanol–water partition coefficient (Wildman–Crippen LogP) is 2.63. The van der Waals surface area contributed by atoms with Crippen molar-refractivity contribution in [2.75, 3.05) is 11.1 Å². The molecule has 0 saturated carbocycles. The van der Waals surface area contributed by atoms with Crippen LogP contribution in [-0.2, 0) is 0 Å². The lowest BCUT2D eigenvalue weighted by Crippen LogP contribution is -2.12. The molecule has 0 aliphatic carbocycles. The Hall–Kier alpha value is -2.30. The van der Waals surface area contributed by atoms with Crippen molar-refractivity contribution in [3.63, 3.8) is 0 Å². The van der Waals surface area contributed by atoms with Gasteiger partial charge in [0.15, 0.2) is 5.69 Å². The van der Waals surface area contributed by atoms with Crippen LogP contribution >= 0.6 is 0 Å². The molecule has 1 amide bonds. The molecule has 0 atom stereocenters. The summed E-state index contributed by atoms with van der Waals surface area (Å²) in [4.78, 5) is 15.5. The number of anilines is 2. The molecule has 0 bridgehead atoms. The number of oxazole rings is 1. The van der Waals surface area contributed by atoms with Gasteiger partial charge in [-0.2, -0.15) is 4.98 Å². The molecule has 1 aromatic heterocycles. The van der Waals surface area contributed by atoms with Gasteiger partial charge in [0.05, 0.1) is 0 Å². The highest BCUT2D eigenvalue weighted by atomic mass is 16.4. The maximum Gasteiger partial charge on any atom is 0.292 e. The summed E-state index contributed by atoms with van der Waals surface area (Å²) in [7, 11) is 0. The molecule has 1 heterocycles. The van der Waals surface area contributed by atoms with Gasteiger partial charge in [-0.15, -0.1) is 0 Å². The van der Waals surface area contributed by atoms with Crippen LogP contribution < -0.4 is 11.1 Å². The summed E-state index contributed by atoms with van der Waals surface area (Å²) in [5.74, 6) is 0.123.